The second kappa shape index (κ2) is 8.03. The van der Waals surface area contributed by atoms with Gasteiger partial charge in [-0.1, -0.05) is 29.8 Å². The van der Waals surface area contributed by atoms with Gasteiger partial charge in [0, 0.05) is 50.6 Å². The second-order valence-electron chi connectivity index (χ2n) is 7.74. The molecule has 2 heterocycles. The Balaban J connectivity index is 1.31. The van der Waals surface area contributed by atoms with E-state index in [0.717, 1.165) is 31.7 Å². The molecule has 2 fully saturated rings. The monoisotopic (exact) mass is 363 g/mol. The molecule has 2 aliphatic heterocycles. The van der Waals surface area contributed by atoms with Crippen LogP contribution in [0.4, 0.5) is 11.4 Å². The maximum Gasteiger partial charge on any atom is 0.227 e. The van der Waals surface area contributed by atoms with Gasteiger partial charge < -0.3 is 14.7 Å². The minimum atomic E-state index is 0.240. The topological polar surface area (TPSA) is 26.8 Å². The van der Waals surface area contributed by atoms with Crippen LogP contribution in [0, 0.1) is 6.92 Å². The number of amides is 1. The van der Waals surface area contributed by atoms with Crippen molar-refractivity contribution >= 4 is 17.3 Å². The predicted molar refractivity (Wildman–Crippen MR) is 112 cm³/mol. The first kappa shape index (κ1) is 17.9. The zero-order chi connectivity index (χ0) is 18.6. The third kappa shape index (κ3) is 4.26. The van der Waals surface area contributed by atoms with E-state index in [4.69, 9.17) is 0 Å². The summed E-state index contributed by atoms with van der Waals surface area (Å²) in [5, 5.41) is 0. The number of anilines is 2. The zero-order valence-corrected chi connectivity index (χ0v) is 16.2. The molecule has 2 aromatic rings. The molecule has 1 amide bonds. The SMILES string of the molecule is Cc1cccc(CC(=O)N2CCN(c3ccc(N4CCCC4)cc3)CC2)c1. The van der Waals surface area contributed by atoms with Crippen LogP contribution in [0.25, 0.3) is 0 Å². The minimum Gasteiger partial charge on any atom is -0.372 e. The zero-order valence-electron chi connectivity index (χ0n) is 16.2. The third-order valence-corrected chi connectivity index (χ3v) is 5.76. The van der Waals surface area contributed by atoms with Gasteiger partial charge in [-0.15, -0.1) is 0 Å². The quantitative estimate of drug-likeness (QED) is 0.832. The summed E-state index contributed by atoms with van der Waals surface area (Å²) in [5.41, 5.74) is 4.93. The van der Waals surface area contributed by atoms with Crippen molar-refractivity contribution in [2.45, 2.75) is 26.2 Å². The molecule has 2 aliphatic rings. The van der Waals surface area contributed by atoms with Gasteiger partial charge in [-0.05, 0) is 49.6 Å². The highest BCUT2D eigenvalue weighted by atomic mass is 16.2. The Morgan fingerprint density at radius 1 is 0.815 bits per heavy atom. The van der Waals surface area contributed by atoms with Crippen molar-refractivity contribution in [3.63, 3.8) is 0 Å². The maximum atomic E-state index is 12.6. The van der Waals surface area contributed by atoms with Crippen LogP contribution >= 0.6 is 0 Å². The summed E-state index contributed by atoms with van der Waals surface area (Å²) >= 11 is 0. The molecule has 4 heteroatoms. The van der Waals surface area contributed by atoms with Gasteiger partial charge in [0.2, 0.25) is 5.91 Å². The van der Waals surface area contributed by atoms with Gasteiger partial charge in [-0.25, -0.2) is 0 Å². The lowest BCUT2D eigenvalue weighted by atomic mass is 10.1. The van der Waals surface area contributed by atoms with Gasteiger partial charge in [0.05, 0.1) is 6.42 Å². The van der Waals surface area contributed by atoms with Crippen molar-refractivity contribution in [3.05, 3.63) is 59.7 Å². The van der Waals surface area contributed by atoms with E-state index in [2.05, 4.69) is 53.1 Å². The summed E-state index contributed by atoms with van der Waals surface area (Å²) in [4.78, 5) is 19.5. The second-order valence-corrected chi connectivity index (χ2v) is 7.74. The average molecular weight is 364 g/mol. The Bertz CT molecular complexity index is 772. The molecule has 0 radical (unpaired) electrons. The lowest BCUT2D eigenvalue weighted by Gasteiger charge is -2.36. The number of hydrogen-bond acceptors (Lipinski definition) is 3. The first-order chi connectivity index (χ1) is 13.2. The van der Waals surface area contributed by atoms with Crippen molar-refractivity contribution in [1.82, 2.24) is 4.90 Å². The van der Waals surface area contributed by atoms with E-state index in [1.807, 2.05) is 17.0 Å². The molecule has 0 unspecified atom stereocenters. The molecule has 0 spiro atoms. The molecule has 0 aliphatic carbocycles. The summed E-state index contributed by atoms with van der Waals surface area (Å²) in [7, 11) is 0. The van der Waals surface area contributed by atoms with Gasteiger partial charge in [-0.3, -0.25) is 4.79 Å². The van der Waals surface area contributed by atoms with Crippen LogP contribution in [0.5, 0.6) is 0 Å². The van der Waals surface area contributed by atoms with Crippen LogP contribution in [-0.2, 0) is 11.2 Å². The molecule has 0 atom stereocenters. The lowest BCUT2D eigenvalue weighted by molar-refractivity contribution is -0.130. The van der Waals surface area contributed by atoms with E-state index in [1.165, 1.54) is 42.9 Å². The fourth-order valence-electron chi connectivity index (χ4n) is 4.17. The van der Waals surface area contributed by atoms with E-state index in [-0.39, 0.29) is 5.91 Å². The van der Waals surface area contributed by atoms with Gasteiger partial charge >= 0.3 is 0 Å². The van der Waals surface area contributed by atoms with E-state index in [0.29, 0.717) is 6.42 Å². The number of rotatable bonds is 4. The number of aryl methyl sites for hydroxylation is 1. The Morgan fingerprint density at radius 3 is 2.00 bits per heavy atom. The van der Waals surface area contributed by atoms with Gasteiger partial charge in [0.25, 0.3) is 0 Å². The number of carbonyl (C=O) groups excluding carboxylic acids is 1. The van der Waals surface area contributed by atoms with Gasteiger partial charge in [0.15, 0.2) is 0 Å². The molecule has 4 nitrogen and oxygen atoms in total. The van der Waals surface area contributed by atoms with Crippen LogP contribution in [0.15, 0.2) is 48.5 Å². The summed E-state index contributed by atoms with van der Waals surface area (Å²) in [6.07, 6.45) is 3.12. The number of benzene rings is 2. The molecule has 4 rings (SSSR count). The molecule has 0 saturated carbocycles. The molecule has 27 heavy (non-hydrogen) atoms. The maximum absolute atomic E-state index is 12.6. The van der Waals surface area contributed by atoms with Crippen LogP contribution in [-0.4, -0.2) is 50.1 Å². The number of carbonyl (C=O) groups is 1. The number of hydrogen-bond donors (Lipinski definition) is 0. The van der Waals surface area contributed by atoms with E-state index < -0.39 is 0 Å². The molecule has 2 saturated heterocycles. The fraction of sp³-hybridized carbons (Fsp3) is 0.435. The Morgan fingerprint density at radius 2 is 1.41 bits per heavy atom. The van der Waals surface area contributed by atoms with Crippen LogP contribution in [0.1, 0.15) is 24.0 Å². The molecule has 0 N–H and O–H groups in total. The normalized spacial score (nSPS) is 17.4. The molecule has 2 aromatic carbocycles. The molecule has 142 valence electrons. The average Bonchev–Trinajstić information content (AvgIpc) is 3.23. The first-order valence-corrected chi connectivity index (χ1v) is 10.1. The van der Waals surface area contributed by atoms with Gasteiger partial charge in [-0.2, -0.15) is 0 Å². The minimum absolute atomic E-state index is 0.240. The Labute approximate surface area is 162 Å². The van der Waals surface area contributed by atoms with Crippen LogP contribution in [0.2, 0.25) is 0 Å². The van der Waals surface area contributed by atoms with E-state index >= 15 is 0 Å². The summed E-state index contributed by atoms with van der Waals surface area (Å²) < 4.78 is 0. The molecule has 0 bridgehead atoms. The third-order valence-electron chi connectivity index (χ3n) is 5.76. The highest BCUT2D eigenvalue weighted by Crippen LogP contribution is 2.24. The summed E-state index contributed by atoms with van der Waals surface area (Å²) in [5.74, 6) is 0.240. The number of piperazine rings is 1. The summed E-state index contributed by atoms with van der Waals surface area (Å²) in [6, 6.07) is 17.2. The van der Waals surface area contributed by atoms with Crippen molar-refractivity contribution in [1.29, 1.82) is 0 Å². The van der Waals surface area contributed by atoms with E-state index in [9.17, 15) is 4.79 Å². The highest BCUT2D eigenvalue weighted by Gasteiger charge is 2.21. The predicted octanol–water partition coefficient (Wildman–Crippen LogP) is 3.49. The van der Waals surface area contributed by atoms with Crippen molar-refractivity contribution < 1.29 is 4.79 Å². The van der Waals surface area contributed by atoms with E-state index in [1.54, 1.807) is 0 Å². The van der Waals surface area contributed by atoms with Crippen LogP contribution in [0.3, 0.4) is 0 Å². The van der Waals surface area contributed by atoms with Crippen molar-refractivity contribution in [3.8, 4) is 0 Å². The summed E-state index contributed by atoms with van der Waals surface area (Å²) in [6.45, 7) is 7.85. The molecule has 0 aromatic heterocycles. The Kier molecular flexibility index (Phi) is 5.33. The van der Waals surface area contributed by atoms with Crippen molar-refractivity contribution in [2.24, 2.45) is 0 Å². The highest BCUT2D eigenvalue weighted by molar-refractivity contribution is 5.79. The fourth-order valence-corrected chi connectivity index (χ4v) is 4.17. The molecular formula is C23H29N3O. The first-order valence-electron chi connectivity index (χ1n) is 10.1. The standard InChI is InChI=1S/C23H29N3O/c1-19-5-4-6-20(17-19)18-23(27)26-15-13-25(14-16-26)22-9-7-21(8-10-22)24-11-2-3-12-24/h4-10,17H,2-3,11-16,18H2,1H3. The largest absolute Gasteiger partial charge is 0.372 e. The van der Waals surface area contributed by atoms with Gasteiger partial charge in [0.1, 0.15) is 0 Å². The Hall–Kier alpha value is -2.49. The molecular weight excluding hydrogens is 334 g/mol. The lowest BCUT2D eigenvalue weighted by Crippen LogP contribution is -2.49. The smallest absolute Gasteiger partial charge is 0.227 e. The van der Waals surface area contributed by atoms with Crippen molar-refractivity contribution in [2.75, 3.05) is 49.1 Å². The number of nitrogens with zero attached hydrogens (tertiary/aromatic N) is 3. The van der Waals surface area contributed by atoms with Crippen LogP contribution < -0.4 is 9.80 Å².